The topological polar surface area (TPSA) is 42.7 Å². The molecule has 0 amide bonds. The summed E-state index contributed by atoms with van der Waals surface area (Å²) in [6, 6.07) is 18.1. The molecule has 0 atom stereocenters. The van der Waals surface area contributed by atoms with Gasteiger partial charge < -0.3 is 9.88 Å². The molecule has 0 spiro atoms. The Hall–Kier alpha value is -3.21. The van der Waals surface area contributed by atoms with Crippen molar-refractivity contribution in [3.63, 3.8) is 0 Å². The summed E-state index contributed by atoms with van der Waals surface area (Å²) in [4.78, 5) is 8.77. The van der Waals surface area contributed by atoms with Gasteiger partial charge in [-0.05, 0) is 42.5 Å². The van der Waals surface area contributed by atoms with Crippen LogP contribution in [0.2, 0.25) is 0 Å². The molecule has 0 saturated heterocycles. The molecular weight excluding hydrogens is 291 g/mol. The molecule has 0 bridgehead atoms. The zero-order valence-corrected chi connectivity index (χ0v) is 12.1. The van der Waals surface area contributed by atoms with Gasteiger partial charge in [-0.25, -0.2) is 9.37 Å². The Bertz CT molecular complexity index is 963. The summed E-state index contributed by atoms with van der Waals surface area (Å²) in [6.07, 6.45) is 3.57. The average molecular weight is 304 g/mol. The van der Waals surface area contributed by atoms with Crippen LogP contribution in [0.15, 0.2) is 73.1 Å². The van der Waals surface area contributed by atoms with E-state index in [1.807, 2.05) is 53.2 Å². The van der Waals surface area contributed by atoms with Gasteiger partial charge in [0.2, 0.25) is 5.95 Å². The number of halogens is 1. The Kier molecular flexibility index (Phi) is 3.24. The number of benzene rings is 2. The minimum Gasteiger partial charge on any atom is -0.324 e. The van der Waals surface area contributed by atoms with Crippen LogP contribution in [-0.4, -0.2) is 14.5 Å². The van der Waals surface area contributed by atoms with Gasteiger partial charge in [-0.1, -0.05) is 18.2 Å². The average Bonchev–Trinajstić information content (AvgIpc) is 2.99. The third kappa shape index (κ3) is 2.64. The highest BCUT2D eigenvalue weighted by Crippen LogP contribution is 2.21. The first-order valence-electron chi connectivity index (χ1n) is 7.22. The summed E-state index contributed by atoms with van der Waals surface area (Å²) in [5.74, 6) is 0.988. The first kappa shape index (κ1) is 13.5. The van der Waals surface area contributed by atoms with E-state index in [4.69, 9.17) is 0 Å². The number of para-hydroxylation sites is 1. The lowest BCUT2D eigenvalue weighted by Gasteiger charge is -2.08. The highest BCUT2D eigenvalue weighted by Gasteiger charge is 2.07. The van der Waals surface area contributed by atoms with Crippen LogP contribution in [0, 0.1) is 5.82 Å². The highest BCUT2D eigenvalue weighted by atomic mass is 19.1. The smallest absolute Gasteiger partial charge is 0.229 e. The normalized spacial score (nSPS) is 10.8. The predicted molar refractivity (Wildman–Crippen MR) is 88.5 cm³/mol. The standard InChI is InChI=1S/C18H13FN4/c19-14-6-7-16-13(12-14)9-11-23(16)17-8-10-20-18(22-17)21-15-4-2-1-3-5-15/h1-12H,(H,20,21,22). The van der Waals surface area contributed by atoms with Crippen molar-refractivity contribution in [2.45, 2.75) is 0 Å². The Labute approximate surface area is 132 Å². The van der Waals surface area contributed by atoms with Gasteiger partial charge in [0.05, 0.1) is 5.52 Å². The SMILES string of the molecule is Fc1ccc2c(ccn2-c2ccnc(Nc3ccccc3)n2)c1. The lowest BCUT2D eigenvalue weighted by Crippen LogP contribution is -2.01. The Morgan fingerprint density at radius 3 is 2.70 bits per heavy atom. The van der Waals surface area contributed by atoms with E-state index in [1.54, 1.807) is 12.3 Å². The number of anilines is 2. The van der Waals surface area contributed by atoms with Gasteiger partial charge in [0.25, 0.3) is 0 Å². The second kappa shape index (κ2) is 5.53. The molecule has 23 heavy (non-hydrogen) atoms. The summed E-state index contributed by atoms with van der Waals surface area (Å²) < 4.78 is 15.2. The molecule has 112 valence electrons. The Balaban J connectivity index is 1.73. The van der Waals surface area contributed by atoms with Gasteiger partial charge in [0.1, 0.15) is 11.6 Å². The molecule has 0 aliphatic heterocycles. The summed E-state index contributed by atoms with van der Waals surface area (Å²) in [5, 5.41) is 4.00. The summed E-state index contributed by atoms with van der Waals surface area (Å²) in [5.41, 5.74) is 1.82. The summed E-state index contributed by atoms with van der Waals surface area (Å²) in [6.45, 7) is 0. The van der Waals surface area contributed by atoms with Crippen molar-refractivity contribution in [1.82, 2.24) is 14.5 Å². The highest BCUT2D eigenvalue weighted by molar-refractivity contribution is 5.81. The molecule has 4 rings (SSSR count). The van der Waals surface area contributed by atoms with Gasteiger partial charge in [0.15, 0.2) is 0 Å². The predicted octanol–water partition coefficient (Wildman–Crippen LogP) is 4.30. The molecule has 1 N–H and O–H groups in total. The third-order valence-corrected chi connectivity index (χ3v) is 3.57. The number of nitrogens with one attached hydrogen (secondary N) is 1. The van der Waals surface area contributed by atoms with E-state index in [9.17, 15) is 4.39 Å². The molecule has 2 heterocycles. The van der Waals surface area contributed by atoms with Gasteiger partial charge in [-0.2, -0.15) is 4.98 Å². The maximum Gasteiger partial charge on any atom is 0.229 e. The molecule has 0 radical (unpaired) electrons. The Morgan fingerprint density at radius 2 is 1.83 bits per heavy atom. The van der Waals surface area contributed by atoms with Gasteiger partial charge in [0, 0.05) is 23.5 Å². The monoisotopic (exact) mass is 304 g/mol. The van der Waals surface area contributed by atoms with Crippen LogP contribution in [0.5, 0.6) is 0 Å². The van der Waals surface area contributed by atoms with E-state index in [0.717, 1.165) is 22.4 Å². The van der Waals surface area contributed by atoms with E-state index in [0.29, 0.717) is 5.95 Å². The number of hydrogen-bond acceptors (Lipinski definition) is 3. The maximum absolute atomic E-state index is 13.3. The lowest BCUT2D eigenvalue weighted by molar-refractivity contribution is 0.629. The van der Waals surface area contributed by atoms with Crippen molar-refractivity contribution in [3.8, 4) is 5.82 Å². The van der Waals surface area contributed by atoms with Crippen molar-refractivity contribution < 1.29 is 4.39 Å². The zero-order valence-electron chi connectivity index (χ0n) is 12.1. The maximum atomic E-state index is 13.3. The van der Waals surface area contributed by atoms with Crippen LogP contribution in [0.3, 0.4) is 0 Å². The molecule has 0 fully saturated rings. The van der Waals surface area contributed by atoms with Crippen molar-refractivity contribution >= 4 is 22.5 Å². The molecule has 0 aliphatic carbocycles. The largest absolute Gasteiger partial charge is 0.324 e. The quantitative estimate of drug-likeness (QED) is 0.613. The number of fused-ring (bicyclic) bond motifs is 1. The van der Waals surface area contributed by atoms with Gasteiger partial charge in [-0.3, -0.25) is 0 Å². The van der Waals surface area contributed by atoms with E-state index >= 15 is 0 Å². The second-order valence-electron chi connectivity index (χ2n) is 5.12. The number of nitrogens with zero attached hydrogens (tertiary/aromatic N) is 3. The molecule has 4 nitrogen and oxygen atoms in total. The number of rotatable bonds is 3. The van der Waals surface area contributed by atoms with Crippen molar-refractivity contribution in [1.29, 1.82) is 0 Å². The lowest BCUT2D eigenvalue weighted by atomic mass is 10.2. The second-order valence-corrected chi connectivity index (χ2v) is 5.12. The molecule has 0 aliphatic rings. The first-order chi connectivity index (χ1) is 11.3. The van der Waals surface area contributed by atoms with E-state index in [1.165, 1.54) is 12.1 Å². The molecular formula is C18H13FN4. The van der Waals surface area contributed by atoms with Crippen LogP contribution in [0.4, 0.5) is 16.0 Å². The van der Waals surface area contributed by atoms with Crippen LogP contribution in [0.1, 0.15) is 0 Å². The third-order valence-electron chi connectivity index (χ3n) is 3.57. The fourth-order valence-corrected chi connectivity index (χ4v) is 2.51. The van der Waals surface area contributed by atoms with Crippen molar-refractivity contribution in [2.24, 2.45) is 0 Å². The number of hydrogen-bond donors (Lipinski definition) is 1. The summed E-state index contributed by atoms with van der Waals surface area (Å²) in [7, 11) is 0. The van der Waals surface area contributed by atoms with E-state index in [-0.39, 0.29) is 5.82 Å². The fourth-order valence-electron chi connectivity index (χ4n) is 2.51. The molecule has 4 aromatic rings. The fraction of sp³-hybridized carbons (Fsp3) is 0. The molecule has 0 saturated carbocycles. The number of aromatic nitrogens is 3. The molecule has 2 aromatic carbocycles. The zero-order chi connectivity index (χ0) is 15.6. The van der Waals surface area contributed by atoms with E-state index < -0.39 is 0 Å². The van der Waals surface area contributed by atoms with Gasteiger partial charge >= 0.3 is 0 Å². The van der Waals surface area contributed by atoms with Crippen molar-refractivity contribution in [3.05, 3.63) is 78.9 Å². The summed E-state index contributed by atoms with van der Waals surface area (Å²) >= 11 is 0. The van der Waals surface area contributed by atoms with Crippen molar-refractivity contribution in [2.75, 3.05) is 5.32 Å². The van der Waals surface area contributed by atoms with Crippen LogP contribution in [0.25, 0.3) is 16.7 Å². The van der Waals surface area contributed by atoms with Crippen LogP contribution < -0.4 is 5.32 Å². The Morgan fingerprint density at radius 1 is 0.957 bits per heavy atom. The van der Waals surface area contributed by atoms with E-state index in [2.05, 4.69) is 15.3 Å². The van der Waals surface area contributed by atoms with Gasteiger partial charge in [-0.15, -0.1) is 0 Å². The minimum atomic E-state index is -0.246. The molecule has 2 aromatic heterocycles. The molecule has 5 heteroatoms. The van der Waals surface area contributed by atoms with Crippen LogP contribution in [-0.2, 0) is 0 Å². The molecule has 0 unspecified atom stereocenters. The minimum absolute atomic E-state index is 0.246. The van der Waals surface area contributed by atoms with Crippen LogP contribution >= 0.6 is 0 Å². The first-order valence-corrected chi connectivity index (χ1v) is 7.22.